The molecule has 2 aromatic rings. The van der Waals surface area contributed by atoms with Crippen molar-refractivity contribution in [3.05, 3.63) is 32.9 Å². The van der Waals surface area contributed by atoms with E-state index in [9.17, 15) is 36.3 Å². The summed E-state index contributed by atoms with van der Waals surface area (Å²) in [5.41, 5.74) is -1.25. The number of thiazole rings is 1. The Morgan fingerprint density at radius 2 is 1.88 bits per heavy atom. The number of aromatic nitrogens is 1. The Morgan fingerprint density at radius 1 is 1.23 bits per heavy atom. The standard InChI is InChI=1S/C24H29Cl2F3N4O5S2/c1-12-7-5-6-10-33(12)22(35)18-19(39-21(31-18)20(34)30-11-23(3,4)36)14-8-9-15(17(26)16(14)25)40(37,38)32-13(2)24(27,28)29/h8-9,12-13,32,36H,5-7,10-11H2,1-4H3,(H,30,34)/t12-,13+/m1/s1. The van der Waals surface area contributed by atoms with Gasteiger partial charge in [0.05, 0.1) is 20.5 Å². The summed E-state index contributed by atoms with van der Waals surface area (Å²) in [6.45, 7) is 5.88. The van der Waals surface area contributed by atoms with Gasteiger partial charge in [0.2, 0.25) is 10.0 Å². The van der Waals surface area contributed by atoms with Gasteiger partial charge in [-0.2, -0.15) is 17.9 Å². The average Bonchev–Trinajstić information content (AvgIpc) is 3.28. The van der Waals surface area contributed by atoms with E-state index in [-0.39, 0.29) is 38.8 Å². The second-order valence-corrected chi connectivity index (χ2v) is 13.6. The van der Waals surface area contributed by atoms with E-state index < -0.39 is 49.6 Å². The normalized spacial score (nSPS) is 17.6. The summed E-state index contributed by atoms with van der Waals surface area (Å²) in [7, 11) is -4.74. The fourth-order valence-corrected chi connectivity index (χ4v) is 7.09. The highest BCUT2D eigenvalue weighted by Crippen LogP contribution is 2.42. The molecule has 1 fully saturated rings. The van der Waals surface area contributed by atoms with Crippen LogP contribution in [0.15, 0.2) is 17.0 Å². The summed E-state index contributed by atoms with van der Waals surface area (Å²) in [4.78, 5) is 31.8. The zero-order valence-corrected chi connectivity index (χ0v) is 25.2. The Bertz CT molecular complexity index is 1390. The van der Waals surface area contributed by atoms with Crippen molar-refractivity contribution in [2.75, 3.05) is 13.1 Å². The molecule has 1 aromatic heterocycles. The van der Waals surface area contributed by atoms with Gasteiger partial charge in [-0.05, 0) is 53.0 Å². The molecule has 2 amide bonds. The fraction of sp³-hybridized carbons (Fsp3) is 0.542. The number of halogens is 5. The maximum Gasteiger partial charge on any atom is 0.404 e. The number of likely N-dealkylation sites (tertiary alicyclic amines) is 1. The monoisotopic (exact) mass is 644 g/mol. The van der Waals surface area contributed by atoms with E-state index in [2.05, 4.69) is 10.3 Å². The molecule has 0 aliphatic carbocycles. The van der Waals surface area contributed by atoms with Gasteiger partial charge in [-0.1, -0.05) is 29.3 Å². The minimum atomic E-state index is -4.84. The predicted octanol–water partition coefficient (Wildman–Crippen LogP) is 4.86. The van der Waals surface area contributed by atoms with Crippen LogP contribution in [0.3, 0.4) is 0 Å². The molecule has 1 aliphatic heterocycles. The first kappa shape index (κ1) is 32.5. The lowest BCUT2D eigenvalue weighted by atomic mass is 10.0. The molecule has 3 rings (SSSR count). The number of nitrogens with one attached hydrogen (secondary N) is 2. The summed E-state index contributed by atoms with van der Waals surface area (Å²) < 4.78 is 65.8. The second-order valence-electron chi connectivity index (χ2n) is 10.2. The zero-order valence-electron chi connectivity index (χ0n) is 22.0. The topological polar surface area (TPSA) is 129 Å². The summed E-state index contributed by atoms with van der Waals surface area (Å²) >= 11 is 13.5. The first-order valence-corrected chi connectivity index (χ1v) is 15.3. The van der Waals surface area contributed by atoms with Crippen LogP contribution in [0.25, 0.3) is 10.4 Å². The molecule has 0 saturated carbocycles. The summed E-state index contributed by atoms with van der Waals surface area (Å²) in [5, 5.41) is 11.5. The van der Waals surface area contributed by atoms with Crippen molar-refractivity contribution in [3.63, 3.8) is 0 Å². The van der Waals surface area contributed by atoms with E-state index >= 15 is 0 Å². The summed E-state index contributed by atoms with van der Waals surface area (Å²) in [6.07, 6.45) is -2.35. The number of rotatable bonds is 8. The Balaban J connectivity index is 2.09. The Kier molecular flexibility index (Phi) is 9.84. The molecule has 2 atom stereocenters. The van der Waals surface area contributed by atoms with Crippen molar-refractivity contribution in [3.8, 4) is 10.4 Å². The van der Waals surface area contributed by atoms with E-state index in [1.54, 1.807) is 4.90 Å². The van der Waals surface area contributed by atoms with Crippen molar-refractivity contribution >= 4 is 56.4 Å². The number of amides is 2. The van der Waals surface area contributed by atoms with Crippen molar-refractivity contribution in [2.24, 2.45) is 0 Å². The Morgan fingerprint density at radius 3 is 2.45 bits per heavy atom. The lowest BCUT2D eigenvalue weighted by Crippen LogP contribution is -2.43. The van der Waals surface area contributed by atoms with Gasteiger partial charge in [-0.15, -0.1) is 11.3 Å². The van der Waals surface area contributed by atoms with Crippen molar-refractivity contribution in [2.45, 2.75) is 75.7 Å². The number of hydrogen-bond donors (Lipinski definition) is 3. The number of carbonyl (C=O) groups is 2. The SMILES string of the molecule is C[C@@H]1CCCCN1C(=O)c1nc(C(=O)NCC(C)(C)O)sc1-c1ccc(S(=O)(=O)N[C@@H](C)C(F)(F)F)c(Cl)c1Cl. The third-order valence-corrected chi connectivity index (χ3v) is 9.84. The lowest BCUT2D eigenvalue weighted by molar-refractivity contribution is -0.147. The van der Waals surface area contributed by atoms with Gasteiger partial charge >= 0.3 is 6.18 Å². The molecule has 222 valence electrons. The number of carbonyl (C=O) groups excluding carboxylic acids is 2. The van der Waals surface area contributed by atoms with Crippen LogP contribution in [-0.4, -0.2) is 72.2 Å². The summed E-state index contributed by atoms with van der Waals surface area (Å²) in [5.74, 6) is -1.13. The zero-order chi connectivity index (χ0) is 30.2. The molecule has 3 N–H and O–H groups in total. The van der Waals surface area contributed by atoms with Gasteiger partial charge in [0.15, 0.2) is 5.01 Å². The van der Waals surface area contributed by atoms with Crippen LogP contribution < -0.4 is 10.0 Å². The molecule has 40 heavy (non-hydrogen) atoms. The number of piperidine rings is 1. The molecule has 0 spiro atoms. The van der Waals surface area contributed by atoms with Crippen molar-refractivity contribution < 1.29 is 36.3 Å². The van der Waals surface area contributed by atoms with Crippen LogP contribution in [0.5, 0.6) is 0 Å². The summed E-state index contributed by atoms with van der Waals surface area (Å²) in [6, 6.07) is -0.324. The molecule has 2 heterocycles. The Hall–Kier alpha value is -1.97. The largest absolute Gasteiger partial charge is 0.404 e. The smallest absolute Gasteiger partial charge is 0.389 e. The maximum absolute atomic E-state index is 13.6. The first-order chi connectivity index (χ1) is 18.3. The highest BCUT2D eigenvalue weighted by Gasteiger charge is 2.40. The van der Waals surface area contributed by atoms with Crippen molar-refractivity contribution in [1.29, 1.82) is 0 Å². The van der Waals surface area contributed by atoms with E-state index in [0.29, 0.717) is 13.5 Å². The highest BCUT2D eigenvalue weighted by atomic mass is 35.5. The van der Waals surface area contributed by atoms with Crippen LogP contribution in [0.4, 0.5) is 13.2 Å². The quantitative estimate of drug-likeness (QED) is 0.376. The number of hydrogen-bond acceptors (Lipinski definition) is 7. The molecule has 0 radical (unpaired) electrons. The lowest BCUT2D eigenvalue weighted by Gasteiger charge is -2.33. The molecule has 9 nitrogen and oxygen atoms in total. The van der Waals surface area contributed by atoms with Crippen LogP contribution in [0, 0.1) is 0 Å². The number of sulfonamides is 1. The van der Waals surface area contributed by atoms with Gasteiger partial charge < -0.3 is 15.3 Å². The van der Waals surface area contributed by atoms with Crippen LogP contribution >= 0.6 is 34.5 Å². The molecule has 0 unspecified atom stereocenters. The molecule has 1 saturated heterocycles. The van der Waals surface area contributed by atoms with Crippen LogP contribution in [-0.2, 0) is 10.0 Å². The number of benzene rings is 1. The molecular formula is C24H29Cl2F3N4O5S2. The van der Waals surface area contributed by atoms with E-state index in [1.807, 2.05) is 6.92 Å². The molecular weight excluding hydrogens is 616 g/mol. The number of aliphatic hydroxyl groups is 1. The van der Waals surface area contributed by atoms with E-state index in [4.69, 9.17) is 23.2 Å². The molecule has 1 aromatic carbocycles. The number of nitrogens with zero attached hydrogens (tertiary/aromatic N) is 2. The van der Waals surface area contributed by atoms with Crippen molar-refractivity contribution in [1.82, 2.24) is 19.9 Å². The Labute approximate surface area is 244 Å². The first-order valence-electron chi connectivity index (χ1n) is 12.2. The van der Waals surface area contributed by atoms with Gasteiger partial charge in [-0.3, -0.25) is 9.59 Å². The predicted molar refractivity (Wildman–Crippen MR) is 146 cm³/mol. The van der Waals surface area contributed by atoms with Gasteiger partial charge in [0, 0.05) is 24.7 Å². The van der Waals surface area contributed by atoms with Crippen LogP contribution in [0.2, 0.25) is 10.0 Å². The third-order valence-electron chi connectivity index (χ3n) is 6.17. The van der Waals surface area contributed by atoms with E-state index in [0.717, 1.165) is 36.7 Å². The third kappa shape index (κ3) is 7.45. The van der Waals surface area contributed by atoms with Gasteiger partial charge in [-0.25, -0.2) is 13.4 Å². The minimum absolute atomic E-state index is 0.0709. The molecule has 1 aliphatic rings. The molecule has 0 bridgehead atoms. The highest BCUT2D eigenvalue weighted by molar-refractivity contribution is 7.89. The molecule has 16 heteroatoms. The fourth-order valence-electron chi connectivity index (χ4n) is 3.93. The second kappa shape index (κ2) is 12.1. The van der Waals surface area contributed by atoms with Crippen LogP contribution in [0.1, 0.15) is 67.2 Å². The van der Waals surface area contributed by atoms with Gasteiger partial charge in [0.1, 0.15) is 16.6 Å². The van der Waals surface area contributed by atoms with E-state index in [1.165, 1.54) is 24.6 Å². The number of alkyl halides is 3. The average molecular weight is 646 g/mol. The van der Waals surface area contributed by atoms with Gasteiger partial charge in [0.25, 0.3) is 11.8 Å². The minimum Gasteiger partial charge on any atom is -0.389 e. The maximum atomic E-state index is 13.6.